The van der Waals surface area contributed by atoms with Crippen molar-refractivity contribution >= 4 is 21.0 Å². The van der Waals surface area contributed by atoms with Gasteiger partial charge in [-0.05, 0) is 91.9 Å². The van der Waals surface area contributed by atoms with Crippen LogP contribution in [0.3, 0.4) is 0 Å². The molecule has 2 aliphatic heterocycles. The van der Waals surface area contributed by atoms with Gasteiger partial charge in [-0.2, -0.15) is 5.26 Å². The van der Waals surface area contributed by atoms with E-state index in [1.807, 2.05) is 24.0 Å². The number of hydrogen-bond acceptors (Lipinski definition) is 5. The van der Waals surface area contributed by atoms with Crippen molar-refractivity contribution in [3.63, 3.8) is 0 Å². The van der Waals surface area contributed by atoms with Crippen LogP contribution in [0.2, 0.25) is 0 Å². The molecule has 1 amide bonds. The molecular weight excluding hydrogens is 441 g/mol. The SMILES string of the molecule is Cc1cc(C2CC(P)C2)c(C2=NC(C)NN2)cc1C(=O)N1CCC(c2ccc(C#N)cc2)CC1. The number of amidine groups is 1. The third-order valence-corrected chi connectivity index (χ3v) is 8.06. The monoisotopic (exact) mass is 473 g/mol. The number of likely N-dealkylation sites (tertiary alicyclic amines) is 1. The fourth-order valence-corrected chi connectivity index (χ4v) is 6.06. The first-order chi connectivity index (χ1) is 16.4. The van der Waals surface area contributed by atoms with Crippen molar-refractivity contribution in [1.29, 1.82) is 5.26 Å². The van der Waals surface area contributed by atoms with Gasteiger partial charge in [0.2, 0.25) is 0 Å². The van der Waals surface area contributed by atoms with Crippen LogP contribution < -0.4 is 10.9 Å². The third-order valence-electron chi connectivity index (χ3n) is 7.51. The molecule has 1 saturated heterocycles. The Morgan fingerprint density at radius 1 is 1.15 bits per heavy atom. The van der Waals surface area contributed by atoms with Crippen LogP contribution in [0.25, 0.3) is 0 Å². The molecule has 2 aromatic rings. The Balaban J connectivity index is 1.35. The number of hydrogen-bond donors (Lipinski definition) is 2. The molecule has 1 saturated carbocycles. The number of carbonyl (C=O) groups excluding carboxylic acids is 1. The van der Waals surface area contributed by atoms with Crippen LogP contribution in [0.4, 0.5) is 0 Å². The fourth-order valence-electron chi connectivity index (χ4n) is 5.40. The lowest BCUT2D eigenvalue weighted by molar-refractivity contribution is 0.0712. The molecule has 3 aliphatic rings. The van der Waals surface area contributed by atoms with Gasteiger partial charge in [-0.1, -0.05) is 18.2 Å². The summed E-state index contributed by atoms with van der Waals surface area (Å²) in [6.45, 7) is 5.57. The van der Waals surface area contributed by atoms with Crippen LogP contribution in [-0.4, -0.2) is 41.6 Å². The molecule has 6 nitrogen and oxygen atoms in total. The summed E-state index contributed by atoms with van der Waals surface area (Å²) in [6, 6.07) is 14.4. The van der Waals surface area contributed by atoms with Gasteiger partial charge in [0.1, 0.15) is 12.0 Å². The van der Waals surface area contributed by atoms with E-state index in [4.69, 9.17) is 10.3 Å². The molecular formula is C27H32N5OP. The van der Waals surface area contributed by atoms with Crippen LogP contribution in [0.15, 0.2) is 41.4 Å². The standard InChI is InChI=1S/C27H32N5OP/c1-16-11-24(21-12-22(34)13-21)25(26-29-17(2)30-31-26)14-23(16)27(33)32-9-7-20(8-10-32)19-5-3-18(15-28)4-6-19/h3-6,11,14,17,20-22,30H,7-10,12-13,34H2,1-2H3,(H,29,31). The number of carbonyl (C=O) groups is 1. The molecule has 2 aromatic carbocycles. The number of nitrogens with one attached hydrogen (secondary N) is 2. The number of hydrazine groups is 1. The highest BCUT2D eigenvalue weighted by Crippen LogP contribution is 2.43. The van der Waals surface area contributed by atoms with Crippen molar-refractivity contribution in [3.8, 4) is 6.07 Å². The first-order valence-electron chi connectivity index (χ1n) is 12.2. The van der Waals surface area contributed by atoms with Gasteiger partial charge in [-0.3, -0.25) is 4.79 Å². The number of nitrogens with zero attached hydrogens (tertiary/aromatic N) is 3. The minimum absolute atomic E-state index is 0.0143. The van der Waals surface area contributed by atoms with Gasteiger partial charge in [0.05, 0.1) is 11.6 Å². The molecule has 0 radical (unpaired) electrons. The third kappa shape index (κ3) is 4.48. The van der Waals surface area contributed by atoms with Crippen molar-refractivity contribution in [2.45, 2.75) is 63.2 Å². The number of aryl methyl sites for hydroxylation is 1. The molecule has 2 N–H and O–H groups in total. The van der Waals surface area contributed by atoms with E-state index in [1.54, 1.807) is 0 Å². The summed E-state index contributed by atoms with van der Waals surface area (Å²) < 4.78 is 0. The fraction of sp³-hybridized carbons (Fsp3) is 0.444. The topological polar surface area (TPSA) is 80.5 Å². The number of amides is 1. The second kappa shape index (κ2) is 9.49. The van der Waals surface area contributed by atoms with E-state index >= 15 is 0 Å². The summed E-state index contributed by atoms with van der Waals surface area (Å²) >= 11 is 0. The Morgan fingerprint density at radius 2 is 1.85 bits per heavy atom. The van der Waals surface area contributed by atoms with E-state index in [0.717, 1.165) is 61.3 Å². The van der Waals surface area contributed by atoms with E-state index in [9.17, 15) is 4.79 Å². The maximum Gasteiger partial charge on any atom is 0.254 e. The quantitative estimate of drug-likeness (QED) is 0.652. The molecule has 2 unspecified atom stereocenters. The second-order valence-corrected chi connectivity index (χ2v) is 10.8. The Kier molecular flexibility index (Phi) is 6.42. The normalized spacial score (nSPS) is 24.7. The zero-order valence-corrected chi connectivity index (χ0v) is 21.0. The minimum Gasteiger partial charge on any atom is -0.339 e. The maximum absolute atomic E-state index is 13.6. The number of nitriles is 1. The number of aliphatic imine (C=N–C) groups is 1. The lowest BCUT2D eigenvalue weighted by Crippen LogP contribution is -2.39. The van der Waals surface area contributed by atoms with Crippen LogP contribution >= 0.6 is 9.24 Å². The molecule has 176 valence electrons. The van der Waals surface area contributed by atoms with Gasteiger partial charge in [0.15, 0.2) is 0 Å². The van der Waals surface area contributed by atoms with Crippen molar-refractivity contribution < 1.29 is 4.79 Å². The molecule has 2 heterocycles. The summed E-state index contributed by atoms with van der Waals surface area (Å²) in [5.74, 6) is 1.90. The highest BCUT2D eigenvalue weighted by atomic mass is 31.0. The van der Waals surface area contributed by atoms with Crippen molar-refractivity contribution in [1.82, 2.24) is 15.8 Å². The lowest BCUT2D eigenvalue weighted by Gasteiger charge is -2.35. The number of rotatable bonds is 4. The summed E-state index contributed by atoms with van der Waals surface area (Å²) in [6.07, 6.45) is 4.21. The second-order valence-electron chi connectivity index (χ2n) is 9.91. The highest BCUT2D eigenvalue weighted by molar-refractivity contribution is 7.17. The Morgan fingerprint density at radius 3 is 2.44 bits per heavy atom. The van der Waals surface area contributed by atoms with Crippen LogP contribution in [0, 0.1) is 18.3 Å². The average molecular weight is 474 g/mol. The smallest absolute Gasteiger partial charge is 0.254 e. The maximum atomic E-state index is 13.6. The Hall–Kier alpha value is -2.74. The largest absolute Gasteiger partial charge is 0.339 e. The molecule has 0 aromatic heterocycles. The molecule has 0 spiro atoms. The molecule has 1 aliphatic carbocycles. The highest BCUT2D eigenvalue weighted by Gasteiger charge is 2.32. The van der Waals surface area contributed by atoms with Crippen molar-refractivity contribution in [2.24, 2.45) is 4.99 Å². The van der Waals surface area contributed by atoms with Gasteiger partial charge >= 0.3 is 0 Å². The zero-order valence-electron chi connectivity index (χ0n) is 19.8. The van der Waals surface area contributed by atoms with Gasteiger partial charge in [0, 0.05) is 24.2 Å². The summed E-state index contributed by atoms with van der Waals surface area (Å²) in [5.41, 5.74) is 13.2. The first kappa shape index (κ1) is 23.0. The van der Waals surface area contributed by atoms with Gasteiger partial charge in [0.25, 0.3) is 5.91 Å². The minimum atomic E-state index is 0.0143. The lowest BCUT2D eigenvalue weighted by atomic mass is 9.76. The summed E-state index contributed by atoms with van der Waals surface area (Å²) in [7, 11) is 2.93. The summed E-state index contributed by atoms with van der Waals surface area (Å²) in [4.78, 5) is 20.3. The van der Waals surface area contributed by atoms with E-state index in [-0.39, 0.29) is 12.1 Å². The molecule has 5 rings (SSSR count). The van der Waals surface area contributed by atoms with Crippen LogP contribution in [0.1, 0.15) is 82.6 Å². The van der Waals surface area contributed by atoms with E-state index in [2.05, 4.69) is 57.3 Å². The summed E-state index contributed by atoms with van der Waals surface area (Å²) in [5, 5.41) is 9.03. The average Bonchev–Trinajstić information content (AvgIpc) is 3.27. The molecule has 34 heavy (non-hydrogen) atoms. The van der Waals surface area contributed by atoms with E-state index < -0.39 is 0 Å². The van der Waals surface area contributed by atoms with Gasteiger partial charge < -0.3 is 10.3 Å². The van der Waals surface area contributed by atoms with Crippen molar-refractivity contribution in [2.75, 3.05) is 13.1 Å². The van der Waals surface area contributed by atoms with E-state index in [0.29, 0.717) is 23.1 Å². The molecule has 2 atom stereocenters. The molecule has 7 heteroatoms. The Bertz CT molecular complexity index is 1150. The zero-order chi connectivity index (χ0) is 23.8. The van der Waals surface area contributed by atoms with Gasteiger partial charge in [-0.15, -0.1) is 9.24 Å². The van der Waals surface area contributed by atoms with Crippen LogP contribution in [-0.2, 0) is 0 Å². The predicted octanol–water partition coefficient (Wildman–Crippen LogP) is 4.21. The number of benzene rings is 2. The first-order valence-corrected chi connectivity index (χ1v) is 12.9. The number of piperidine rings is 1. The molecule has 2 fully saturated rings. The predicted molar refractivity (Wildman–Crippen MR) is 138 cm³/mol. The molecule has 0 bridgehead atoms. The van der Waals surface area contributed by atoms with Gasteiger partial charge in [-0.25, -0.2) is 10.4 Å². The Labute approximate surface area is 204 Å². The van der Waals surface area contributed by atoms with E-state index in [1.165, 1.54) is 11.1 Å². The van der Waals surface area contributed by atoms with Crippen LogP contribution in [0.5, 0.6) is 0 Å². The van der Waals surface area contributed by atoms with Crippen molar-refractivity contribution in [3.05, 3.63) is 69.8 Å².